The highest BCUT2D eigenvalue weighted by Gasteiger charge is 2.23. The molecule has 1 nitrogen and oxygen atoms in total. The van der Waals surface area contributed by atoms with Crippen molar-refractivity contribution in [1.82, 2.24) is 0 Å². The van der Waals surface area contributed by atoms with Gasteiger partial charge in [0.15, 0.2) is 0 Å². The molecule has 0 aromatic heterocycles. The summed E-state index contributed by atoms with van der Waals surface area (Å²) in [7, 11) is 0. The molecular weight excluding hydrogens is 335 g/mol. The molecule has 3 rings (SSSR count). The lowest BCUT2D eigenvalue weighted by Gasteiger charge is -2.26. The van der Waals surface area contributed by atoms with E-state index in [1.54, 1.807) is 6.07 Å². The lowest BCUT2D eigenvalue weighted by atomic mass is 9.79. The van der Waals surface area contributed by atoms with Crippen LogP contribution in [0.5, 0.6) is 5.75 Å². The van der Waals surface area contributed by atoms with Crippen molar-refractivity contribution in [2.24, 2.45) is 0 Å². The van der Waals surface area contributed by atoms with Gasteiger partial charge in [0.05, 0.1) is 0 Å². The lowest BCUT2D eigenvalue weighted by Crippen LogP contribution is -2.14. The van der Waals surface area contributed by atoms with E-state index in [2.05, 4.69) is 25.1 Å². The van der Waals surface area contributed by atoms with Crippen LogP contribution in [0.1, 0.15) is 67.7 Å². The SMILES string of the molecule is CC=CCOc1ccc2c(c1)CCC(c1ccc(CCCCC)cc1F)C2. The van der Waals surface area contributed by atoms with Crippen LogP contribution in [-0.2, 0) is 19.3 Å². The summed E-state index contributed by atoms with van der Waals surface area (Å²) in [6.45, 7) is 4.79. The molecule has 0 amide bonds. The van der Waals surface area contributed by atoms with Gasteiger partial charge >= 0.3 is 0 Å². The van der Waals surface area contributed by atoms with Gasteiger partial charge in [-0.1, -0.05) is 50.1 Å². The van der Waals surface area contributed by atoms with Crippen LogP contribution in [0, 0.1) is 5.82 Å². The third-order valence-corrected chi connectivity index (χ3v) is 5.56. The van der Waals surface area contributed by atoms with E-state index in [-0.39, 0.29) is 11.7 Å². The highest BCUT2D eigenvalue weighted by molar-refractivity contribution is 5.40. The Morgan fingerprint density at radius 1 is 1.11 bits per heavy atom. The molecule has 0 fully saturated rings. The first-order valence-electron chi connectivity index (χ1n) is 10.3. The molecule has 27 heavy (non-hydrogen) atoms. The molecule has 0 heterocycles. The number of allylic oxidation sites excluding steroid dienone is 1. The van der Waals surface area contributed by atoms with Crippen molar-refractivity contribution in [3.05, 3.63) is 76.6 Å². The molecule has 0 radical (unpaired) electrons. The zero-order chi connectivity index (χ0) is 19.1. The second-order valence-corrected chi connectivity index (χ2v) is 7.56. The molecule has 0 saturated carbocycles. The smallest absolute Gasteiger partial charge is 0.126 e. The maximum absolute atomic E-state index is 14.7. The molecule has 1 aliphatic carbocycles. The topological polar surface area (TPSA) is 9.23 Å². The molecule has 0 aliphatic heterocycles. The molecule has 1 atom stereocenters. The van der Waals surface area contributed by atoms with Crippen molar-refractivity contribution in [3.63, 3.8) is 0 Å². The first-order valence-corrected chi connectivity index (χ1v) is 10.3. The van der Waals surface area contributed by atoms with Crippen molar-refractivity contribution >= 4 is 0 Å². The second-order valence-electron chi connectivity index (χ2n) is 7.56. The van der Waals surface area contributed by atoms with Crippen LogP contribution in [0.2, 0.25) is 0 Å². The fraction of sp³-hybridized carbons (Fsp3) is 0.440. The number of hydrogen-bond donors (Lipinski definition) is 0. The van der Waals surface area contributed by atoms with Crippen molar-refractivity contribution in [3.8, 4) is 5.75 Å². The Bertz CT molecular complexity index is 778. The van der Waals surface area contributed by atoms with Crippen LogP contribution in [0.25, 0.3) is 0 Å². The monoisotopic (exact) mass is 366 g/mol. The molecule has 0 bridgehead atoms. The zero-order valence-electron chi connectivity index (χ0n) is 16.6. The molecule has 0 spiro atoms. The third-order valence-electron chi connectivity index (χ3n) is 5.56. The number of benzene rings is 2. The van der Waals surface area contributed by atoms with Gasteiger partial charge in [0.25, 0.3) is 0 Å². The minimum absolute atomic E-state index is 0.0243. The van der Waals surface area contributed by atoms with Crippen molar-refractivity contribution < 1.29 is 9.13 Å². The highest BCUT2D eigenvalue weighted by Crippen LogP contribution is 2.35. The number of hydrogen-bond acceptors (Lipinski definition) is 1. The number of ether oxygens (including phenoxy) is 1. The number of halogens is 1. The highest BCUT2D eigenvalue weighted by atomic mass is 19.1. The van der Waals surface area contributed by atoms with Crippen molar-refractivity contribution in [2.75, 3.05) is 6.61 Å². The van der Waals surface area contributed by atoms with Gasteiger partial charge < -0.3 is 4.74 Å². The Labute approximate surface area is 163 Å². The average Bonchev–Trinajstić information content (AvgIpc) is 2.68. The van der Waals surface area contributed by atoms with Gasteiger partial charge in [-0.15, -0.1) is 0 Å². The molecule has 0 N–H and O–H groups in total. The van der Waals surface area contributed by atoms with Gasteiger partial charge in [0, 0.05) is 0 Å². The zero-order valence-corrected chi connectivity index (χ0v) is 16.6. The lowest BCUT2D eigenvalue weighted by molar-refractivity contribution is 0.361. The summed E-state index contributed by atoms with van der Waals surface area (Å²) in [5, 5.41) is 0. The molecule has 1 aliphatic rings. The Morgan fingerprint density at radius 3 is 2.78 bits per heavy atom. The van der Waals surface area contributed by atoms with Crippen molar-refractivity contribution in [1.29, 1.82) is 0 Å². The first kappa shape index (κ1) is 19.7. The third kappa shape index (κ3) is 5.22. The van der Waals surface area contributed by atoms with E-state index in [1.165, 1.54) is 24.0 Å². The van der Waals surface area contributed by atoms with Gasteiger partial charge in [-0.25, -0.2) is 4.39 Å². The normalized spacial score (nSPS) is 16.5. The maximum atomic E-state index is 14.7. The van der Waals surface area contributed by atoms with E-state index >= 15 is 0 Å². The van der Waals surface area contributed by atoms with Crippen LogP contribution >= 0.6 is 0 Å². The molecule has 1 unspecified atom stereocenters. The second kappa shape index (κ2) is 9.73. The number of fused-ring (bicyclic) bond motifs is 1. The Balaban J connectivity index is 1.67. The summed E-state index contributed by atoms with van der Waals surface area (Å²) in [5.74, 6) is 1.17. The first-order chi connectivity index (χ1) is 13.2. The molecule has 2 heteroatoms. The van der Waals surface area contributed by atoms with Crippen LogP contribution in [0.4, 0.5) is 4.39 Å². The molecule has 0 saturated heterocycles. The van der Waals surface area contributed by atoms with Crippen molar-refractivity contribution in [2.45, 2.75) is 64.7 Å². The van der Waals surface area contributed by atoms with Gasteiger partial charge in [-0.2, -0.15) is 0 Å². The summed E-state index contributed by atoms with van der Waals surface area (Å²) in [5.41, 5.74) is 4.69. The molecule has 144 valence electrons. The summed E-state index contributed by atoms with van der Waals surface area (Å²) in [6.07, 6.45) is 11.4. The van der Waals surface area contributed by atoms with E-state index in [0.717, 1.165) is 49.0 Å². The van der Waals surface area contributed by atoms with Gasteiger partial charge in [-0.05, 0) is 85.4 Å². The van der Waals surface area contributed by atoms with E-state index in [4.69, 9.17) is 4.74 Å². The Morgan fingerprint density at radius 2 is 2.00 bits per heavy atom. The average molecular weight is 367 g/mol. The Kier molecular flexibility index (Phi) is 7.09. The number of aryl methyl sites for hydroxylation is 2. The maximum Gasteiger partial charge on any atom is 0.126 e. The quantitative estimate of drug-likeness (QED) is 0.369. The molecule has 2 aromatic carbocycles. The fourth-order valence-corrected chi connectivity index (χ4v) is 3.96. The standard InChI is InChI=1S/C25H31FO/c1-3-5-7-8-19-9-14-24(25(26)16-19)22-11-10-21-18-23(27-15-6-4-2)13-12-20(21)17-22/h4,6,9,12-14,16,18,22H,3,5,7-8,10-11,15,17H2,1-2H3. The largest absolute Gasteiger partial charge is 0.490 e. The van der Waals surface area contributed by atoms with E-state index < -0.39 is 0 Å². The summed E-state index contributed by atoms with van der Waals surface area (Å²) >= 11 is 0. The summed E-state index contributed by atoms with van der Waals surface area (Å²) in [4.78, 5) is 0. The van der Waals surface area contributed by atoms with Crippen LogP contribution in [0.3, 0.4) is 0 Å². The summed E-state index contributed by atoms with van der Waals surface area (Å²) in [6, 6.07) is 12.3. The Hall–Kier alpha value is -2.09. The predicted octanol–water partition coefficient (Wildman–Crippen LogP) is 6.79. The summed E-state index contributed by atoms with van der Waals surface area (Å²) < 4.78 is 20.5. The van der Waals surface area contributed by atoms with Crippen LogP contribution < -0.4 is 4.74 Å². The van der Waals surface area contributed by atoms with E-state index in [1.807, 2.05) is 31.2 Å². The van der Waals surface area contributed by atoms with E-state index in [0.29, 0.717) is 6.61 Å². The van der Waals surface area contributed by atoms with Crippen LogP contribution in [0.15, 0.2) is 48.6 Å². The van der Waals surface area contributed by atoms with E-state index in [9.17, 15) is 4.39 Å². The van der Waals surface area contributed by atoms with Gasteiger partial charge in [-0.3, -0.25) is 0 Å². The fourth-order valence-electron chi connectivity index (χ4n) is 3.96. The minimum atomic E-state index is -0.0243. The van der Waals surface area contributed by atoms with Crippen LogP contribution in [-0.4, -0.2) is 6.61 Å². The molecule has 2 aromatic rings. The number of unbranched alkanes of at least 4 members (excludes halogenated alkanes) is 2. The van der Waals surface area contributed by atoms with Gasteiger partial charge in [0.1, 0.15) is 18.2 Å². The molecular formula is C25H31FO. The minimum Gasteiger partial charge on any atom is -0.490 e. The predicted molar refractivity (Wildman–Crippen MR) is 111 cm³/mol. The number of rotatable bonds is 8. The van der Waals surface area contributed by atoms with Gasteiger partial charge in [0.2, 0.25) is 0 Å².